The Morgan fingerprint density at radius 1 is 0.724 bits per heavy atom. The van der Waals surface area contributed by atoms with Crippen LogP contribution in [0.2, 0.25) is 0 Å². The Morgan fingerprint density at radius 3 is 1.45 bits per heavy atom. The largest absolute Gasteiger partial charge is 0.462 e. The highest BCUT2D eigenvalue weighted by Crippen LogP contribution is 2.40. The van der Waals surface area contributed by atoms with E-state index in [-0.39, 0.29) is 32.5 Å². The number of benzene rings is 2. The normalized spacial score (nSPS) is 10.4. The maximum absolute atomic E-state index is 13.4. The van der Waals surface area contributed by atoms with Gasteiger partial charge in [0.15, 0.2) is 0 Å². The predicted octanol–water partition coefficient (Wildman–Crippen LogP) is 4.77. The van der Waals surface area contributed by atoms with Crippen molar-refractivity contribution in [3.63, 3.8) is 0 Å². The van der Waals surface area contributed by atoms with Gasteiger partial charge in [-0.2, -0.15) is 0 Å². The van der Waals surface area contributed by atoms with Gasteiger partial charge in [-0.15, -0.1) is 8.19 Å². The van der Waals surface area contributed by atoms with E-state index in [1.807, 2.05) is 60.7 Å². The van der Waals surface area contributed by atoms with Gasteiger partial charge in [-0.25, -0.2) is 9.59 Å². The number of carbonyl (C=O) groups is 2. The average molecular weight is 408 g/mol. The van der Waals surface area contributed by atoms with Crippen LogP contribution >= 0.6 is 8.19 Å². The molecule has 0 fully saturated rings. The molecular weight excluding hydrogens is 387 g/mol. The molecule has 0 N–H and O–H groups in total. The van der Waals surface area contributed by atoms with Crippen molar-refractivity contribution in [2.24, 2.45) is 0 Å². The minimum absolute atomic E-state index is 0.0834. The fourth-order valence-corrected chi connectivity index (χ4v) is 4.59. The van der Waals surface area contributed by atoms with E-state index in [1.165, 1.54) is 0 Å². The first kappa shape index (κ1) is 20.6. The van der Waals surface area contributed by atoms with Gasteiger partial charge >= 0.3 is 11.9 Å². The summed E-state index contributed by atoms with van der Waals surface area (Å²) in [4.78, 5) is 38.8. The van der Waals surface area contributed by atoms with Crippen LogP contribution in [-0.2, 0) is 9.47 Å². The van der Waals surface area contributed by atoms with Crippen molar-refractivity contribution in [3.8, 4) is 21.7 Å². The van der Waals surface area contributed by atoms with Gasteiger partial charge in [0.25, 0.3) is 0 Å². The summed E-state index contributed by atoms with van der Waals surface area (Å²) in [7, 11) is -0.0834. The second-order valence-electron chi connectivity index (χ2n) is 6.13. The van der Waals surface area contributed by atoms with E-state index < -0.39 is 17.4 Å². The molecule has 0 saturated carbocycles. The van der Waals surface area contributed by atoms with Crippen LogP contribution in [0.25, 0.3) is 21.7 Å². The Balaban J connectivity index is 2.39. The number of ether oxygens (including phenoxy) is 2. The van der Waals surface area contributed by atoms with Crippen molar-refractivity contribution in [3.05, 3.63) is 82.0 Å². The van der Waals surface area contributed by atoms with Gasteiger partial charge in [0.05, 0.1) is 13.2 Å². The molecule has 29 heavy (non-hydrogen) atoms. The lowest BCUT2D eigenvalue weighted by molar-refractivity contribution is 0.0524. The minimum Gasteiger partial charge on any atom is -0.462 e. The molecule has 6 heteroatoms. The SMILES string of the molecule is CCOC(=O)c1c(-c2ccccc2)[pH]c(-c2ccccc2)c(C(=O)OCC)c1=O. The highest BCUT2D eigenvalue weighted by molar-refractivity contribution is 7.38. The van der Waals surface area contributed by atoms with Crippen molar-refractivity contribution in [2.75, 3.05) is 13.2 Å². The van der Waals surface area contributed by atoms with Crippen LogP contribution in [0.15, 0.2) is 65.5 Å². The molecule has 0 atom stereocenters. The Morgan fingerprint density at radius 2 is 1.10 bits per heavy atom. The van der Waals surface area contributed by atoms with Crippen molar-refractivity contribution in [1.29, 1.82) is 0 Å². The number of carbonyl (C=O) groups excluding carboxylic acids is 2. The maximum Gasteiger partial charge on any atom is 0.343 e. The number of hydrogen-bond donors (Lipinski definition) is 0. The summed E-state index contributed by atoms with van der Waals surface area (Å²) in [6.07, 6.45) is 0. The van der Waals surface area contributed by atoms with Gasteiger partial charge in [0.1, 0.15) is 11.1 Å². The summed E-state index contributed by atoms with van der Waals surface area (Å²) in [5.41, 5.74) is 0.647. The quantitative estimate of drug-likeness (QED) is 0.550. The lowest BCUT2D eigenvalue weighted by Gasteiger charge is -2.15. The summed E-state index contributed by atoms with van der Waals surface area (Å²) < 4.78 is 10.3. The summed E-state index contributed by atoms with van der Waals surface area (Å²) in [6, 6.07) is 18.4. The van der Waals surface area contributed by atoms with Gasteiger partial charge in [0.2, 0.25) is 5.43 Å². The predicted molar refractivity (Wildman–Crippen MR) is 115 cm³/mol. The highest BCUT2D eigenvalue weighted by Gasteiger charge is 2.28. The van der Waals surface area contributed by atoms with Crippen LogP contribution in [0, 0.1) is 0 Å². The summed E-state index contributed by atoms with van der Waals surface area (Å²) in [5, 5.41) is 1.14. The topological polar surface area (TPSA) is 69.7 Å². The molecule has 0 aliphatic heterocycles. The summed E-state index contributed by atoms with van der Waals surface area (Å²) in [5.74, 6) is -1.45. The standard InChI is InChI=1S/C23H21O5P/c1-3-27-22(25)17-19(24)18(23(26)28-4-2)21(16-13-9-6-10-14-16)29-20(17)15-11-7-5-8-12-15/h5-14,29H,3-4H2,1-2H3. The zero-order valence-electron chi connectivity index (χ0n) is 16.2. The van der Waals surface area contributed by atoms with E-state index in [0.717, 1.165) is 11.1 Å². The first-order valence-corrected chi connectivity index (χ1v) is 10.3. The van der Waals surface area contributed by atoms with Crippen LogP contribution in [0.5, 0.6) is 0 Å². The van der Waals surface area contributed by atoms with E-state index in [4.69, 9.17) is 9.47 Å². The smallest absolute Gasteiger partial charge is 0.343 e. The fraction of sp³-hybridized carbons (Fsp3) is 0.174. The molecule has 3 aromatic rings. The zero-order valence-corrected chi connectivity index (χ0v) is 17.2. The molecule has 2 aromatic carbocycles. The number of rotatable bonds is 6. The van der Waals surface area contributed by atoms with Crippen molar-refractivity contribution < 1.29 is 19.1 Å². The molecule has 5 nitrogen and oxygen atoms in total. The van der Waals surface area contributed by atoms with Gasteiger partial charge < -0.3 is 9.47 Å². The van der Waals surface area contributed by atoms with Crippen LogP contribution in [0.3, 0.4) is 0 Å². The number of esters is 2. The van der Waals surface area contributed by atoms with Crippen LogP contribution in [-0.4, -0.2) is 25.2 Å². The molecule has 0 radical (unpaired) electrons. The van der Waals surface area contributed by atoms with Gasteiger partial charge in [-0.05, 0) is 25.0 Å². The lowest BCUT2D eigenvalue weighted by Crippen LogP contribution is -2.25. The molecule has 148 valence electrons. The molecular formula is C23H21O5P. The molecule has 0 saturated heterocycles. The molecule has 1 aromatic heterocycles. The van der Waals surface area contributed by atoms with E-state index in [2.05, 4.69) is 0 Å². The molecule has 0 aliphatic rings. The monoisotopic (exact) mass is 408 g/mol. The second kappa shape index (κ2) is 9.35. The lowest BCUT2D eigenvalue weighted by atomic mass is 10.0. The third-order valence-electron chi connectivity index (χ3n) is 4.29. The third-order valence-corrected chi connectivity index (χ3v) is 5.87. The minimum atomic E-state index is -0.724. The van der Waals surface area contributed by atoms with Crippen LogP contribution in [0.1, 0.15) is 34.6 Å². The third kappa shape index (κ3) is 4.30. The number of hydrogen-bond acceptors (Lipinski definition) is 5. The van der Waals surface area contributed by atoms with Crippen molar-refractivity contribution >= 4 is 20.1 Å². The average Bonchev–Trinajstić information content (AvgIpc) is 2.74. The molecule has 3 rings (SSSR count). The Bertz CT molecular complexity index is 989. The second-order valence-corrected chi connectivity index (χ2v) is 7.38. The zero-order chi connectivity index (χ0) is 20.8. The molecule has 0 amide bonds. The highest BCUT2D eigenvalue weighted by atomic mass is 31.0. The van der Waals surface area contributed by atoms with Gasteiger partial charge in [-0.1, -0.05) is 60.7 Å². The fourth-order valence-electron chi connectivity index (χ4n) is 3.04. The summed E-state index contributed by atoms with van der Waals surface area (Å²) >= 11 is 0. The van der Waals surface area contributed by atoms with E-state index in [0.29, 0.717) is 10.6 Å². The Labute approximate surface area is 170 Å². The maximum atomic E-state index is 13.4. The van der Waals surface area contributed by atoms with E-state index >= 15 is 0 Å². The van der Waals surface area contributed by atoms with Crippen LogP contribution in [0.4, 0.5) is 0 Å². The summed E-state index contributed by atoms with van der Waals surface area (Å²) in [6.45, 7) is 3.61. The van der Waals surface area contributed by atoms with E-state index in [9.17, 15) is 14.4 Å². The van der Waals surface area contributed by atoms with Crippen molar-refractivity contribution in [2.45, 2.75) is 13.8 Å². The molecule has 1 heterocycles. The van der Waals surface area contributed by atoms with Gasteiger partial charge in [0, 0.05) is 10.6 Å². The molecule has 0 spiro atoms. The molecule has 0 unspecified atom stereocenters. The van der Waals surface area contributed by atoms with Crippen molar-refractivity contribution in [1.82, 2.24) is 0 Å². The van der Waals surface area contributed by atoms with Crippen LogP contribution < -0.4 is 5.43 Å². The molecule has 0 bridgehead atoms. The van der Waals surface area contributed by atoms with E-state index in [1.54, 1.807) is 13.8 Å². The Kier molecular flexibility index (Phi) is 6.63. The first-order chi connectivity index (χ1) is 14.1. The van der Waals surface area contributed by atoms with Gasteiger partial charge in [-0.3, -0.25) is 4.79 Å². The Hall–Kier alpha value is -3.17. The molecule has 0 aliphatic carbocycles. The first-order valence-electron chi connectivity index (χ1n) is 9.33.